The van der Waals surface area contributed by atoms with Crippen LogP contribution in [-0.4, -0.2) is 4.98 Å². The van der Waals surface area contributed by atoms with Crippen molar-refractivity contribution >= 4 is 22.1 Å². The summed E-state index contributed by atoms with van der Waals surface area (Å²) >= 11 is 1.73. The first-order valence-electron chi connectivity index (χ1n) is 5.94. The van der Waals surface area contributed by atoms with Crippen molar-refractivity contribution in [1.29, 1.82) is 0 Å². The van der Waals surface area contributed by atoms with Crippen molar-refractivity contribution in [3.63, 3.8) is 0 Å². The molecule has 1 aliphatic rings. The van der Waals surface area contributed by atoms with Crippen LogP contribution in [0.2, 0.25) is 0 Å². The predicted octanol–water partition coefficient (Wildman–Crippen LogP) is 4.16. The Morgan fingerprint density at radius 2 is 2.06 bits per heavy atom. The van der Waals surface area contributed by atoms with E-state index >= 15 is 0 Å². The van der Waals surface area contributed by atoms with Gasteiger partial charge in [-0.1, -0.05) is 30.3 Å². The average Bonchev–Trinajstić information content (AvgIpc) is 2.78. The van der Waals surface area contributed by atoms with Crippen molar-refractivity contribution in [1.82, 2.24) is 4.98 Å². The Morgan fingerprint density at radius 1 is 1.17 bits per heavy atom. The van der Waals surface area contributed by atoms with Crippen molar-refractivity contribution in [3.8, 4) is 17.0 Å². The highest BCUT2D eigenvalue weighted by atomic mass is 32.1. The standard InChI is InChI=1S/C15H11NOS/c1-9-16-15-13(18-9)8-17-12-7-6-10-4-2-3-5-11(10)14(12)15/h2-7H,8H2,1H3. The van der Waals surface area contributed by atoms with E-state index in [2.05, 4.69) is 41.4 Å². The predicted molar refractivity (Wildman–Crippen MR) is 74.1 cm³/mol. The summed E-state index contributed by atoms with van der Waals surface area (Å²) in [7, 11) is 0. The van der Waals surface area contributed by atoms with Gasteiger partial charge in [-0.25, -0.2) is 4.98 Å². The highest BCUT2D eigenvalue weighted by Crippen LogP contribution is 2.43. The van der Waals surface area contributed by atoms with E-state index in [1.165, 1.54) is 15.6 Å². The molecule has 0 fully saturated rings. The maximum Gasteiger partial charge on any atom is 0.129 e. The van der Waals surface area contributed by atoms with Crippen LogP contribution in [0.15, 0.2) is 36.4 Å². The minimum Gasteiger partial charge on any atom is -0.487 e. The minimum atomic E-state index is 0.645. The third-order valence-electron chi connectivity index (χ3n) is 3.29. The van der Waals surface area contributed by atoms with Crippen LogP contribution in [0.25, 0.3) is 22.0 Å². The highest BCUT2D eigenvalue weighted by molar-refractivity contribution is 7.12. The molecule has 0 aliphatic carbocycles. The molecule has 0 radical (unpaired) electrons. The fraction of sp³-hybridized carbons (Fsp3) is 0.133. The van der Waals surface area contributed by atoms with Gasteiger partial charge in [0.2, 0.25) is 0 Å². The van der Waals surface area contributed by atoms with E-state index in [4.69, 9.17) is 4.74 Å². The van der Waals surface area contributed by atoms with Gasteiger partial charge in [0.1, 0.15) is 12.4 Å². The molecule has 0 saturated carbocycles. The lowest BCUT2D eigenvalue weighted by molar-refractivity contribution is 0.306. The molecule has 3 heteroatoms. The quantitative estimate of drug-likeness (QED) is 0.600. The van der Waals surface area contributed by atoms with E-state index in [0.717, 1.165) is 22.0 Å². The fourth-order valence-electron chi connectivity index (χ4n) is 2.52. The summed E-state index contributed by atoms with van der Waals surface area (Å²) in [4.78, 5) is 5.91. The summed E-state index contributed by atoms with van der Waals surface area (Å²) in [6.45, 7) is 2.69. The smallest absolute Gasteiger partial charge is 0.129 e. The zero-order valence-electron chi connectivity index (χ0n) is 9.93. The number of nitrogens with zero attached hydrogens (tertiary/aromatic N) is 1. The summed E-state index contributed by atoms with van der Waals surface area (Å²) in [5.74, 6) is 0.950. The normalized spacial score (nSPS) is 12.9. The van der Waals surface area contributed by atoms with Gasteiger partial charge in [0.05, 0.1) is 21.1 Å². The molecule has 0 spiro atoms. The first kappa shape index (κ1) is 10.1. The second-order valence-electron chi connectivity index (χ2n) is 4.45. The SMILES string of the molecule is Cc1nc2c(s1)COc1ccc3ccccc3c1-2. The summed E-state index contributed by atoms with van der Waals surface area (Å²) < 4.78 is 5.84. The number of fused-ring (bicyclic) bond motifs is 5. The average molecular weight is 253 g/mol. The summed E-state index contributed by atoms with van der Waals surface area (Å²) in [5, 5.41) is 3.56. The molecule has 0 N–H and O–H groups in total. The van der Waals surface area contributed by atoms with Gasteiger partial charge in [-0.05, 0) is 23.8 Å². The molecule has 1 aromatic heterocycles. The summed E-state index contributed by atoms with van der Waals surface area (Å²) in [5.41, 5.74) is 2.26. The Balaban J connectivity index is 2.14. The number of aryl methyl sites for hydroxylation is 1. The van der Waals surface area contributed by atoms with Gasteiger partial charge in [0.15, 0.2) is 0 Å². The van der Waals surface area contributed by atoms with Crippen LogP contribution in [0.5, 0.6) is 5.75 Å². The van der Waals surface area contributed by atoms with Crippen LogP contribution in [0.3, 0.4) is 0 Å². The largest absolute Gasteiger partial charge is 0.487 e. The van der Waals surface area contributed by atoms with Gasteiger partial charge in [0, 0.05) is 0 Å². The number of ether oxygens (including phenoxy) is 1. The van der Waals surface area contributed by atoms with Crippen LogP contribution in [0, 0.1) is 6.92 Å². The first-order valence-corrected chi connectivity index (χ1v) is 6.76. The minimum absolute atomic E-state index is 0.645. The maximum atomic E-state index is 5.84. The molecular formula is C15H11NOS. The van der Waals surface area contributed by atoms with Gasteiger partial charge in [-0.2, -0.15) is 0 Å². The van der Waals surface area contributed by atoms with E-state index in [1.54, 1.807) is 11.3 Å². The Hall–Kier alpha value is -1.87. The molecule has 2 nitrogen and oxygen atoms in total. The number of hydrogen-bond donors (Lipinski definition) is 0. The second kappa shape index (κ2) is 3.56. The molecule has 0 saturated heterocycles. The van der Waals surface area contributed by atoms with Crippen molar-refractivity contribution in [2.24, 2.45) is 0 Å². The lowest BCUT2D eigenvalue weighted by Gasteiger charge is -2.18. The number of thiazole rings is 1. The monoisotopic (exact) mass is 253 g/mol. The Morgan fingerprint density at radius 3 is 3.00 bits per heavy atom. The van der Waals surface area contributed by atoms with Gasteiger partial charge in [0.25, 0.3) is 0 Å². The van der Waals surface area contributed by atoms with Crippen molar-refractivity contribution in [3.05, 3.63) is 46.3 Å². The molecule has 18 heavy (non-hydrogen) atoms. The van der Waals surface area contributed by atoms with Crippen molar-refractivity contribution < 1.29 is 4.74 Å². The van der Waals surface area contributed by atoms with Crippen molar-refractivity contribution in [2.45, 2.75) is 13.5 Å². The van der Waals surface area contributed by atoms with Crippen LogP contribution in [-0.2, 0) is 6.61 Å². The van der Waals surface area contributed by atoms with Crippen LogP contribution in [0.4, 0.5) is 0 Å². The molecule has 3 aromatic rings. The molecule has 2 heterocycles. The molecule has 88 valence electrons. The molecule has 1 aliphatic heterocycles. The zero-order chi connectivity index (χ0) is 12.1. The number of rotatable bonds is 0. The molecule has 0 unspecified atom stereocenters. The molecule has 4 rings (SSSR count). The van der Waals surface area contributed by atoms with Gasteiger partial charge in [-0.3, -0.25) is 0 Å². The van der Waals surface area contributed by atoms with E-state index < -0.39 is 0 Å². The van der Waals surface area contributed by atoms with E-state index in [0.29, 0.717) is 6.61 Å². The lowest BCUT2D eigenvalue weighted by atomic mass is 9.99. The van der Waals surface area contributed by atoms with Crippen LogP contribution < -0.4 is 4.74 Å². The number of aromatic nitrogens is 1. The summed E-state index contributed by atoms with van der Waals surface area (Å²) in [6.07, 6.45) is 0. The van der Waals surface area contributed by atoms with Crippen LogP contribution >= 0.6 is 11.3 Å². The second-order valence-corrected chi connectivity index (χ2v) is 5.74. The van der Waals surface area contributed by atoms with Gasteiger partial charge >= 0.3 is 0 Å². The Labute approximate surface area is 109 Å². The lowest BCUT2D eigenvalue weighted by Crippen LogP contribution is -2.03. The number of benzene rings is 2. The number of hydrogen-bond acceptors (Lipinski definition) is 3. The van der Waals surface area contributed by atoms with Gasteiger partial charge < -0.3 is 4.74 Å². The van der Waals surface area contributed by atoms with Crippen molar-refractivity contribution in [2.75, 3.05) is 0 Å². The molecule has 0 atom stereocenters. The molecule has 0 amide bonds. The van der Waals surface area contributed by atoms with E-state index in [9.17, 15) is 0 Å². The highest BCUT2D eigenvalue weighted by Gasteiger charge is 2.23. The fourth-order valence-corrected chi connectivity index (χ4v) is 3.38. The van der Waals surface area contributed by atoms with E-state index in [1.807, 2.05) is 6.92 Å². The first-order chi connectivity index (χ1) is 8.83. The third kappa shape index (κ3) is 1.31. The Kier molecular flexibility index (Phi) is 2.00. The molecular weight excluding hydrogens is 242 g/mol. The topological polar surface area (TPSA) is 22.1 Å². The molecule has 0 bridgehead atoms. The maximum absolute atomic E-state index is 5.84. The van der Waals surface area contributed by atoms with Crippen LogP contribution in [0.1, 0.15) is 9.88 Å². The zero-order valence-corrected chi connectivity index (χ0v) is 10.8. The Bertz CT molecular complexity index is 760. The van der Waals surface area contributed by atoms with Gasteiger partial charge in [-0.15, -0.1) is 11.3 Å². The van der Waals surface area contributed by atoms with E-state index in [-0.39, 0.29) is 0 Å². The molecule has 2 aromatic carbocycles. The third-order valence-corrected chi connectivity index (χ3v) is 4.23. The summed E-state index contributed by atoms with van der Waals surface area (Å²) in [6, 6.07) is 12.6.